The summed E-state index contributed by atoms with van der Waals surface area (Å²) in [6, 6.07) is 8.43. The topological polar surface area (TPSA) is 26.0 Å². The molecule has 0 spiro atoms. The third-order valence-corrected chi connectivity index (χ3v) is 3.19. The van der Waals surface area contributed by atoms with Gasteiger partial charge in [0.15, 0.2) is 0 Å². The SMILES string of the molecule is Cc1cc2oc3cc(C(C)C)ccc3c2cn1. The van der Waals surface area contributed by atoms with Crippen molar-refractivity contribution in [1.82, 2.24) is 4.98 Å². The number of rotatable bonds is 1. The highest BCUT2D eigenvalue weighted by atomic mass is 16.3. The predicted octanol–water partition coefficient (Wildman–Crippen LogP) is 4.41. The Labute approximate surface area is 100 Å². The largest absolute Gasteiger partial charge is 0.456 e. The van der Waals surface area contributed by atoms with Crippen LogP contribution in [0.25, 0.3) is 21.9 Å². The molecule has 3 rings (SSSR count). The van der Waals surface area contributed by atoms with Crippen LogP contribution in [0.2, 0.25) is 0 Å². The molecule has 0 N–H and O–H groups in total. The Hall–Kier alpha value is -1.83. The molecule has 2 aromatic heterocycles. The molecule has 0 unspecified atom stereocenters. The van der Waals surface area contributed by atoms with Crippen LogP contribution in [-0.4, -0.2) is 4.98 Å². The van der Waals surface area contributed by atoms with Crippen molar-refractivity contribution in [2.45, 2.75) is 26.7 Å². The van der Waals surface area contributed by atoms with Crippen LogP contribution in [0.4, 0.5) is 0 Å². The van der Waals surface area contributed by atoms with Gasteiger partial charge in [0, 0.05) is 28.7 Å². The maximum Gasteiger partial charge on any atom is 0.138 e. The highest BCUT2D eigenvalue weighted by molar-refractivity contribution is 6.04. The number of hydrogen-bond donors (Lipinski definition) is 0. The van der Waals surface area contributed by atoms with E-state index < -0.39 is 0 Å². The van der Waals surface area contributed by atoms with Gasteiger partial charge in [-0.15, -0.1) is 0 Å². The summed E-state index contributed by atoms with van der Waals surface area (Å²) >= 11 is 0. The van der Waals surface area contributed by atoms with Gasteiger partial charge in [0.25, 0.3) is 0 Å². The average Bonchev–Trinajstić information content (AvgIpc) is 2.64. The second-order valence-corrected chi connectivity index (χ2v) is 4.83. The lowest BCUT2D eigenvalue weighted by Crippen LogP contribution is -1.85. The van der Waals surface area contributed by atoms with Crippen molar-refractivity contribution < 1.29 is 4.42 Å². The van der Waals surface area contributed by atoms with Crippen LogP contribution in [0, 0.1) is 6.92 Å². The highest BCUT2D eigenvalue weighted by Gasteiger charge is 2.09. The molecule has 0 aliphatic rings. The number of aryl methyl sites for hydroxylation is 1. The molecular formula is C15H15NO. The summed E-state index contributed by atoms with van der Waals surface area (Å²) in [4.78, 5) is 4.33. The molecule has 1 aromatic carbocycles. The van der Waals surface area contributed by atoms with Crippen molar-refractivity contribution in [3.05, 3.63) is 41.7 Å². The van der Waals surface area contributed by atoms with E-state index in [2.05, 4.69) is 37.0 Å². The highest BCUT2D eigenvalue weighted by Crippen LogP contribution is 2.30. The summed E-state index contributed by atoms with van der Waals surface area (Å²) in [7, 11) is 0. The van der Waals surface area contributed by atoms with Crippen molar-refractivity contribution in [1.29, 1.82) is 0 Å². The first kappa shape index (κ1) is 10.3. The molecule has 3 aromatic rings. The van der Waals surface area contributed by atoms with Gasteiger partial charge in [0.1, 0.15) is 11.2 Å². The van der Waals surface area contributed by atoms with E-state index in [0.29, 0.717) is 5.92 Å². The first-order valence-corrected chi connectivity index (χ1v) is 5.94. The van der Waals surface area contributed by atoms with E-state index in [1.807, 2.05) is 19.2 Å². The Balaban J connectivity index is 2.35. The minimum atomic E-state index is 0.521. The zero-order chi connectivity index (χ0) is 12.0. The molecular weight excluding hydrogens is 210 g/mol. The van der Waals surface area contributed by atoms with Crippen LogP contribution in [0.1, 0.15) is 31.0 Å². The summed E-state index contributed by atoms with van der Waals surface area (Å²) in [5.41, 5.74) is 4.17. The summed E-state index contributed by atoms with van der Waals surface area (Å²) in [5.74, 6) is 0.521. The van der Waals surface area contributed by atoms with E-state index >= 15 is 0 Å². The van der Waals surface area contributed by atoms with Crippen LogP contribution >= 0.6 is 0 Å². The molecule has 86 valence electrons. The zero-order valence-electron chi connectivity index (χ0n) is 10.3. The lowest BCUT2D eigenvalue weighted by Gasteiger charge is -2.03. The quantitative estimate of drug-likeness (QED) is 0.613. The van der Waals surface area contributed by atoms with Gasteiger partial charge in [-0.1, -0.05) is 26.0 Å². The molecule has 0 atom stereocenters. The standard InChI is InChI=1S/C15H15NO/c1-9(2)11-4-5-12-13-8-16-10(3)6-14(13)17-15(12)7-11/h4-9H,1-3H3. The number of aromatic nitrogens is 1. The van der Waals surface area contributed by atoms with Crippen molar-refractivity contribution in [3.63, 3.8) is 0 Å². The molecule has 0 amide bonds. The Kier molecular flexibility index (Phi) is 2.18. The number of fused-ring (bicyclic) bond motifs is 3. The molecule has 0 radical (unpaired) electrons. The maximum atomic E-state index is 5.88. The average molecular weight is 225 g/mol. The Morgan fingerprint density at radius 2 is 1.82 bits per heavy atom. The van der Waals surface area contributed by atoms with E-state index in [0.717, 1.165) is 27.6 Å². The number of pyridine rings is 1. The Morgan fingerprint density at radius 3 is 2.59 bits per heavy atom. The fourth-order valence-corrected chi connectivity index (χ4v) is 2.14. The van der Waals surface area contributed by atoms with Gasteiger partial charge in [-0.2, -0.15) is 0 Å². The van der Waals surface area contributed by atoms with E-state index in [9.17, 15) is 0 Å². The first-order valence-electron chi connectivity index (χ1n) is 5.94. The Bertz CT molecular complexity index is 695. The van der Waals surface area contributed by atoms with Crippen molar-refractivity contribution in [3.8, 4) is 0 Å². The van der Waals surface area contributed by atoms with E-state index in [1.54, 1.807) is 0 Å². The van der Waals surface area contributed by atoms with E-state index in [4.69, 9.17) is 4.42 Å². The fourth-order valence-electron chi connectivity index (χ4n) is 2.14. The fraction of sp³-hybridized carbons (Fsp3) is 0.267. The van der Waals surface area contributed by atoms with Crippen LogP contribution in [0.3, 0.4) is 0 Å². The second kappa shape index (κ2) is 3.59. The minimum Gasteiger partial charge on any atom is -0.456 e. The van der Waals surface area contributed by atoms with Gasteiger partial charge >= 0.3 is 0 Å². The number of hydrogen-bond acceptors (Lipinski definition) is 2. The summed E-state index contributed by atoms with van der Waals surface area (Å²) in [6.07, 6.45) is 1.89. The lowest BCUT2D eigenvalue weighted by atomic mass is 10.0. The zero-order valence-corrected chi connectivity index (χ0v) is 10.3. The molecule has 2 heteroatoms. The lowest BCUT2D eigenvalue weighted by molar-refractivity contribution is 0.666. The summed E-state index contributed by atoms with van der Waals surface area (Å²) in [5, 5.41) is 2.25. The Morgan fingerprint density at radius 1 is 1.06 bits per heavy atom. The third kappa shape index (κ3) is 1.60. The van der Waals surface area contributed by atoms with Crippen molar-refractivity contribution in [2.75, 3.05) is 0 Å². The molecule has 0 aliphatic heterocycles. The smallest absolute Gasteiger partial charge is 0.138 e. The summed E-state index contributed by atoms with van der Waals surface area (Å²) in [6.45, 7) is 6.36. The van der Waals surface area contributed by atoms with E-state index in [1.165, 1.54) is 5.56 Å². The molecule has 0 aliphatic carbocycles. The molecule has 17 heavy (non-hydrogen) atoms. The molecule has 2 heterocycles. The number of nitrogens with zero attached hydrogens (tertiary/aromatic N) is 1. The van der Waals surface area contributed by atoms with Gasteiger partial charge in [-0.3, -0.25) is 4.98 Å². The molecule has 0 bridgehead atoms. The minimum absolute atomic E-state index is 0.521. The second-order valence-electron chi connectivity index (χ2n) is 4.83. The van der Waals surface area contributed by atoms with Crippen LogP contribution in [-0.2, 0) is 0 Å². The van der Waals surface area contributed by atoms with Gasteiger partial charge in [0.2, 0.25) is 0 Å². The molecule has 0 saturated carbocycles. The van der Waals surface area contributed by atoms with Crippen LogP contribution < -0.4 is 0 Å². The van der Waals surface area contributed by atoms with Gasteiger partial charge in [-0.05, 0) is 24.5 Å². The molecule has 0 fully saturated rings. The number of furan rings is 1. The summed E-state index contributed by atoms with van der Waals surface area (Å²) < 4.78 is 5.88. The molecule has 0 saturated heterocycles. The van der Waals surface area contributed by atoms with Gasteiger partial charge in [0.05, 0.1) is 0 Å². The molecule has 2 nitrogen and oxygen atoms in total. The van der Waals surface area contributed by atoms with Crippen LogP contribution in [0.5, 0.6) is 0 Å². The maximum absolute atomic E-state index is 5.88. The number of benzene rings is 1. The van der Waals surface area contributed by atoms with Gasteiger partial charge < -0.3 is 4.42 Å². The van der Waals surface area contributed by atoms with Crippen LogP contribution in [0.15, 0.2) is 34.9 Å². The third-order valence-electron chi connectivity index (χ3n) is 3.19. The first-order chi connectivity index (χ1) is 8.15. The monoisotopic (exact) mass is 225 g/mol. The van der Waals surface area contributed by atoms with Crippen molar-refractivity contribution in [2.24, 2.45) is 0 Å². The normalized spacial score (nSPS) is 11.8. The van der Waals surface area contributed by atoms with E-state index in [-0.39, 0.29) is 0 Å². The van der Waals surface area contributed by atoms with Gasteiger partial charge in [-0.25, -0.2) is 0 Å². The van der Waals surface area contributed by atoms with Crippen molar-refractivity contribution >= 4 is 21.9 Å². The predicted molar refractivity (Wildman–Crippen MR) is 70.3 cm³/mol.